The molecule has 0 aliphatic carbocycles. The van der Waals surface area contributed by atoms with E-state index in [1.807, 2.05) is 32.0 Å². The summed E-state index contributed by atoms with van der Waals surface area (Å²) in [5, 5.41) is 10.3. The Labute approximate surface area is 208 Å². The maximum atomic E-state index is 13.1. The van der Waals surface area contributed by atoms with Gasteiger partial charge in [0.2, 0.25) is 0 Å². The van der Waals surface area contributed by atoms with Crippen LogP contribution in [0.5, 0.6) is 11.5 Å². The number of nitrogens with one attached hydrogen (secondary N) is 2. The smallest absolute Gasteiger partial charge is 0.281 e. The van der Waals surface area contributed by atoms with E-state index in [1.54, 1.807) is 54.3 Å². The average Bonchev–Trinajstić information content (AvgIpc) is 3.30. The minimum atomic E-state index is -0.287. The number of rotatable bonds is 8. The number of thiocarbonyl (C=S) groups is 1. The fraction of sp³-hybridized carbons (Fsp3) is 0.200. The molecule has 1 fully saturated rings. The largest absolute Gasteiger partial charge is 0.490 e. The molecule has 35 heavy (non-hydrogen) atoms. The molecule has 0 unspecified atom stereocenters. The van der Waals surface area contributed by atoms with E-state index < -0.39 is 0 Å². The normalized spacial score (nSPS) is 14.3. The first-order valence-corrected chi connectivity index (χ1v) is 11.4. The molecular formula is C25H25N5O4S. The van der Waals surface area contributed by atoms with E-state index in [1.165, 1.54) is 4.90 Å². The first-order chi connectivity index (χ1) is 16.9. The summed E-state index contributed by atoms with van der Waals surface area (Å²) < 4.78 is 13.0. The zero-order chi connectivity index (χ0) is 24.9. The van der Waals surface area contributed by atoms with Crippen molar-refractivity contribution in [2.75, 3.05) is 23.4 Å². The van der Waals surface area contributed by atoms with Crippen molar-refractivity contribution in [3.8, 4) is 11.5 Å². The summed E-state index contributed by atoms with van der Waals surface area (Å²) in [6, 6.07) is 14.4. The second kappa shape index (κ2) is 10.4. The molecule has 0 saturated carbocycles. The van der Waals surface area contributed by atoms with E-state index in [-0.39, 0.29) is 23.5 Å². The summed E-state index contributed by atoms with van der Waals surface area (Å²) in [4.78, 5) is 26.7. The summed E-state index contributed by atoms with van der Waals surface area (Å²) in [5.74, 6) is 0.320. The first-order valence-electron chi connectivity index (χ1n) is 11.0. The Balaban J connectivity index is 1.49. The minimum absolute atomic E-state index is 0.177. The number of carbonyl (C=O) groups excluding carboxylic acids is 2. The topological polar surface area (TPSA) is 97.7 Å². The third kappa shape index (κ3) is 5.49. The summed E-state index contributed by atoms with van der Waals surface area (Å²) in [6.07, 6.45) is 3.44. The molecule has 0 atom stereocenters. The van der Waals surface area contributed by atoms with Gasteiger partial charge in [-0.1, -0.05) is 24.3 Å². The molecule has 2 N–H and O–H groups in total. The van der Waals surface area contributed by atoms with Gasteiger partial charge in [0.15, 0.2) is 23.2 Å². The van der Waals surface area contributed by atoms with E-state index in [0.29, 0.717) is 46.4 Å². The number of carbonyl (C=O) groups is 2. The third-order valence-corrected chi connectivity index (χ3v) is 5.39. The number of hydrogen-bond donors (Lipinski definition) is 2. The van der Waals surface area contributed by atoms with E-state index in [2.05, 4.69) is 15.7 Å². The van der Waals surface area contributed by atoms with Crippen LogP contribution in [0.25, 0.3) is 6.08 Å². The third-order valence-electron chi connectivity index (χ3n) is 5.10. The molecule has 4 rings (SSSR count). The lowest BCUT2D eigenvalue weighted by molar-refractivity contribution is -0.118. The number of aryl methyl sites for hydroxylation is 2. The van der Waals surface area contributed by atoms with Gasteiger partial charge >= 0.3 is 0 Å². The predicted octanol–water partition coefficient (Wildman–Crippen LogP) is 3.41. The van der Waals surface area contributed by atoms with Gasteiger partial charge in [0.1, 0.15) is 5.70 Å². The highest BCUT2D eigenvalue weighted by atomic mass is 32.1. The molecule has 3 aromatic rings. The summed E-state index contributed by atoms with van der Waals surface area (Å²) >= 11 is 5.39. The lowest BCUT2D eigenvalue weighted by atomic mass is 10.1. The van der Waals surface area contributed by atoms with Crippen LogP contribution < -0.4 is 25.0 Å². The maximum absolute atomic E-state index is 13.1. The Kier molecular flexibility index (Phi) is 7.11. The molecule has 2 heterocycles. The monoisotopic (exact) mass is 491 g/mol. The van der Waals surface area contributed by atoms with Crippen LogP contribution in [-0.4, -0.2) is 39.9 Å². The SMILES string of the molecule is CCOc1cc(/C=C2/NC(=S)N(c3cn(C)nc3C)C2=O)ccc1OCC(=O)Nc1ccccc1. The quantitative estimate of drug-likeness (QED) is 0.368. The Hall–Kier alpha value is -4.18. The fourth-order valence-electron chi connectivity index (χ4n) is 3.59. The van der Waals surface area contributed by atoms with Crippen molar-refractivity contribution in [1.29, 1.82) is 0 Å². The van der Waals surface area contributed by atoms with Crippen molar-refractivity contribution in [3.63, 3.8) is 0 Å². The summed E-state index contributed by atoms with van der Waals surface area (Å²) in [7, 11) is 1.79. The minimum Gasteiger partial charge on any atom is -0.490 e. The van der Waals surface area contributed by atoms with Gasteiger partial charge in [0, 0.05) is 18.9 Å². The fourth-order valence-corrected chi connectivity index (χ4v) is 3.88. The van der Waals surface area contributed by atoms with Crippen molar-refractivity contribution in [1.82, 2.24) is 15.1 Å². The molecule has 2 amide bonds. The Morgan fingerprint density at radius 1 is 1.17 bits per heavy atom. The van der Waals surface area contributed by atoms with Crippen LogP contribution >= 0.6 is 12.2 Å². The average molecular weight is 492 g/mol. The zero-order valence-electron chi connectivity index (χ0n) is 19.6. The summed E-state index contributed by atoms with van der Waals surface area (Å²) in [6.45, 7) is 3.90. The number of ether oxygens (including phenoxy) is 2. The molecule has 2 aromatic carbocycles. The number of hydrogen-bond acceptors (Lipinski definition) is 6. The van der Waals surface area contributed by atoms with Crippen molar-refractivity contribution >= 4 is 46.6 Å². The van der Waals surface area contributed by atoms with Gasteiger partial charge in [-0.25, -0.2) is 4.90 Å². The van der Waals surface area contributed by atoms with Crippen LogP contribution in [0.4, 0.5) is 11.4 Å². The second-order valence-electron chi connectivity index (χ2n) is 7.74. The predicted molar refractivity (Wildman–Crippen MR) is 137 cm³/mol. The molecule has 1 aliphatic heterocycles. The molecule has 0 spiro atoms. The first kappa shape index (κ1) is 24.0. The molecular weight excluding hydrogens is 466 g/mol. The van der Waals surface area contributed by atoms with Crippen LogP contribution in [0.15, 0.2) is 60.4 Å². The highest BCUT2D eigenvalue weighted by Gasteiger charge is 2.34. The van der Waals surface area contributed by atoms with Crippen LogP contribution in [0, 0.1) is 6.92 Å². The molecule has 0 radical (unpaired) electrons. The lowest BCUT2D eigenvalue weighted by Gasteiger charge is -2.13. The van der Waals surface area contributed by atoms with Gasteiger partial charge < -0.3 is 20.1 Å². The Bertz CT molecular complexity index is 1300. The molecule has 1 saturated heterocycles. The maximum Gasteiger partial charge on any atom is 0.281 e. The number of para-hydroxylation sites is 1. The second-order valence-corrected chi connectivity index (χ2v) is 8.13. The number of aromatic nitrogens is 2. The van der Waals surface area contributed by atoms with Crippen molar-refractivity contribution in [3.05, 3.63) is 71.7 Å². The van der Waals surface area contributed by atoms with Gasteiger partial charge in [0.25, 0.3) is 11.8 Å². The number of anilines is 2. The molecule has 1 aliphatic rings. The van der Waals surface area contributed by atoms with Gasteiger partial charge in [-0.15, -0.1) is 0 Å². The lowest BCUT2D eigenvalue weighted by Crippen LogP contribution is -2.30. The number of amides is 2. The van der Waals surface area contributed by atoms with E-state index in [4.69, 9.17) is 21.7 Å². The van der Waals surface area contributed by atoms with E-state index in [0.717, 1.165) is 0 Å². The van der Waals surface area contributed by atoms with Crippen molar-refractivity contribution in [2.45, 2.75) is 13.8 Å². The van der Waals surface area contributed by atoms with Gasteiger partial charge in [0.05, 0.1) is 18.0 Å². The van der Waals surface area contributed by atoms with Crippen LogP contribution in [0.2, 0.25) is 0 Å². The zero-order valence-corrected chi connectivity index (χ0v) is 20.4. The number of benzene rings is 2. The summed E-state index contributed by atoms with van der Waals surface area (Å²) in [5.41, 5.74) is 3.05. The Morgan fingerprint density at radius 3 is 2.63 bits per heavy atom. The standard InChI is InChI=1S/C25H25N5O4S/c1-4-33-22-13-17(10-11-21(22)34-15-23(31)26-18-8-6-5-7-9-18)12-19-24(32)30(25(35)27-19)20-14-29(3)28-16(20)2/h5-14H,4,15H2,1-3H3,(H,26,31)(H,27,35)/b19-12+. The Morgan fingerprint density at radius 2 is 1.94 bits per heavy atom. The molecule has 10 heteroatoms. The van der Waals surface area contributed by atoms with Gasteiger partial charge in [-0.3, -0.25) is 14.3 Å². The van der Waals surface area contributed by atoms with Crippen LogP contribution in [-0.2, 0) is 16.6 Å². The van der Waals surface area contributed by atoms with Crippen molar-refractivity contribution < 1.29 is 19.1 Å². The van der Waals surface area contributed by atoms with Crippen LogP contribution in [0.1, 0.15) is 18.2 Å². The number of nitrogens with zero attached hydrogens (tertiary/aromatic N) is 3. The highest BCUT2D eigenvalue weighted by molar-refractivity contribution is 7.80. The van der Waals surface area contributed by atoms with E-state index >= 15 is 0 Å². The highest BCUT2D eigenvalue weighted by Crippen LogP contribution is 2.30. The van der Waals surface area contributed by atoms with Gasteiger partial charge in [-0.2, -0.15) is 5.10 Å². The van der Waals surface area contributed by atoms with Crippen molar-refractivity contribution in [2.24, 2.45) is 7.05 Å². The molecule has 0 bridgehead atoms. The van der Waals surface area contributed by atoms with Crippen LogP contribution in [0.3, 0.4) is 0 Å². The van der Waals surface area contributed by atoms with Gasteiger partial charge in [-0.05, 0) is 62.0 Å². The molecule has 1 aromatic heterocycles. The molecule has 180 valence electrons. The molecule has 9 nitrogen and oxygen atoms in total. The van der Waals surface area contributed by atoms with E-state index in [9.17, 15) is 9.59 Å².